The fourth-order valence-corrected chi connectivity index (χ4v) is 1.48. The summed E-state index contributed by atoms with van der Waals surface area (Å²) in [7, 11) is 0. The van der Waals surface area contributed by atoms with E-state index in [9.17, 15) is 0 Å². The molecule has 0 bridgehead atoms. The molecule has 0 aliphatic heterocycles. The van der Waals surface area contributed by atoms with E-state index in [0.717, 1.165) is 30.8 Å². The van der Waals surface area contributed by atoms with Crippen LogP contribution in [0.1, 0.15) is 31.2 Å². The molecular formula is C12H20N2O. The van der Waals surface area contributed by atoms with Gasteiger partial charge in [0.25, 0.3) is 0 Å². The fourth-order valence-electron chi connectivity index (χ4n) is 1.48. The second-order valence-electron chi connectivity index (χ2n) is 3.92. The van der Waals surface area contributed by atoms with Crippen molar-refractivity contribution in [3.63, 3.8) is 0 Å². The van der Waals surface area contributed by atoms with E-state index in [1.54, 1.807) is 0 Å². The summed E-state index contributed by atoms with van der Waals surface area (Å²) in [6, 6.07) is 6.48. The van der Waals surface area contributed by atoms with Gasteiger partial charge in [0.05, 0.1) is 5.69 Å². The average molecular weight is 208 g/mol. The van der Waals surface area contributed by atoms with Crippen molar-refractivity contribution in [3.05, 3.63) is 29.6 Å². The van der Waals surface area contributed by atoms with Crippen LogP contribution in [0.4, 0.5) is 0 Å². The lowest BCUT2D eigenvalue weighted by Crippen LogP contribution is -2.26. The number of nitrogens with zero attached hydrogens (tertiary/aromatic N) is 1. The standard InChI is InChI=1S/C12H20N2O/c1-10(6-4-8-15)13-9-12-7-3-5-11(2)14-12/h3,5,7,10,13,15H,4,6,8-9H2,1-2H3. The Labute approximate surface area is 91.5 Å². The Morgan fingerprint density at radius 3 is 2.93 bits per heavy atom. The lowest BCUT2D eigenvalue weighted by Gasteiger charge is -2.12. The first-order valence-corrected chi connectivity index (χ1v) is 5.49. The maximum atomic E-state index is 8.70. The molecule has 1 unspecified atom stereocenters. The fraction of sp³-hybridized carbons (Fsp3) is 0.583. The Hall–Kier alpha value is -0.930. The molecule has 1 aromatic heterocycles. The minimum Gasteiger partial charge on any atom is -0.396 e. The predicted molar refractivity (Wildman–Crippen MR) is 61.6 cm³/mol. The van der Waals surface area contributed by atoms with Crippen molar-refractivity contribution >= 4 is 0 Å². The summed E-state index contributed by atoms with van der Waals surface area (Å²) in [5.74, 6) is 0. The highest BCUT2D eigenvalue weighted by Crippen LogP contribution is 2.00. The number of aliphatic hydroxyl groups is 1. The molecule has 84 valence electrons. The molecule has 1 aromatic rings. The largest absolute Gasteiger partial charge is 0.396 e. The zero-order valence-electron chi connectivity index (χ0n) is 9.53. The van der Waals surface area contributed by atoms with Crippen LogP contribution in [0.25, 0.3) is 0 Å². The van der Waals surface area contributed by atoms with Crippen molar-refractivity contribution in [1.82, 2.24) is 10.3 Å². The van der Waals surface area contributed by atoms with Crippen LogP contribution in [0, 0.1) is 6.92 Å². The van der Waals surface area contributed by atoms with E-state index < -0.39 is 0 Å². The minimum atomic E-state index is 0.273. The van der Waals surface area contributed by atoms with Gasteiger partial charge in [-0.05, 0) is 38.8 Å². The van der Waals surface area contributed by atoms with Crippen LogP contribution in [0.2, 0.25) is 0 Å². The quantitative estimate of drug-likeness (QED) is 0.747. The summed E-state index contributed by atoms with van der Waals surface area (Å²) < 4.78 is 0. The third-order valence-electron chi connectivity index (χ3n) is 2.37. The summed E-state index contributed by atoms with van der Waals surface area (Å²) in [6.07, 6.45) is 1.86. The summed E-state index contributed by atoms with van der Waals surface area (Å²) in [5.41, 5.74) is 2.13. The highest BCUT2D eigenvalue weighted by molar-refractivity contribution is 5.09. The normalized spacial score (nSPS) is 12.7. The number of aromatic nitrogens is 1. The zero-order valence-corrected chi connectivity index (χ0v) is 9.53. The van der Waals surface area contributed by atoms with Gasteiger partial charge in [0.1, 0.15) is 0 Å². The molecule has 0 amide bonds. The van der Waals surface area contributed by atoms with E-state index in [1.807, 2.05) is 25.1 Å². The number of hydrogen-bond acceptors (Lipinski definition) is 3. The van der Waals surface area contributed by atoms with E-state index in [4.69, 9.17) is 5.11 Å². The molecule has 0 saturated heterocycles. The smallest absolute Gasteiger partial charge is 0.0544 e. The molecule has 0 aliphatic carbocycles. The maximum absolute atomic E-state index is 8.70. The molecule has 0 aromatic carbocycles. The zero-order chi connectivity index (χ0) is 11.1. The molecule has 0 aliphatic rings. The summed E-state index contributed by atoms with van der Waals surface area (Å²) in [4.78, 5) is 4.41. The Morgan fingerprint density at radius 1 is 1.47 bits per heavy atom. The number of nitrogens with one attached hydrogen (secondary N) is 1. The third kappa shape index (κ3) is 4.91. The van der Waals surface area contributed by atoms with Crippen LogP contribution in [0.3, 0.4) is 0 Å². The van der Waals surface area contributed by atoms with Gasteiger partial charge < -0.3 is 10.4 Å². The van der Waals surface area contributed by atoms with Gasteiger partial charge in [-0.25, -0.2) is 0 Å². The number of rotatable bonds is 6. The second kappa shape index (κ2) is 6.53. The number of hydrogen-bond donors (Lipinski definition) is 2. The maximum Gasteiger partial charge on any atom is 0.0544 e. The number of aliphatic hydroxyl groups excluding tert-OH is 1. The van der Waals surface area contributed by atoms with Gasteiger partial charge >= 0.3 is 0 Å². The highest BCUT2D eigenvalue weighted by atomic mass is 16.2. The SMILES string of the molecule is Cc1cccc(CNC(C)CCCO)n1. The van der Waals surface area contributed by atoms with Crippen LogP contribution in [0.15, 0.2) is 18.2 Å². The van der Waals surface area contributed by atoms with Gasteiger partial charge in [-0.1, -0.05) is 6.07 Å². The highest BCUT2D eigenvalue weighted by Gasteiger charge is 2.01. The van der Waals surface area contributed by atoms with Crippen molar-refractivity contribution in [1.29, 1.82) is 0 Å². The summed E-state index contributed by atoms with van der Waals surface area (Å²) in [5, 5.41) is 12.1. The topological polar surface area (TPSA) is 45.1 Å². The molecule has 2 N–H and O–H groups in total. The molecule has 1 atom stereocenters. The van der Waals surface area contributed by atoms with Gasteiger partial charge in [0.15, 0.2) is 0 Å². The van der Waals surface area contributed by atoms with Gasteiger partial charge in [0, 0.05) is 24.9 Å². The molecule has 0 radical (unpaired) electrons. The minimum absolute atomic E-state index is 0.273. The molecule has 15 heavy (non-hydrogen) atoms. The lowest BCUT2D eigenvalue weighted by molar-refractivity contribution is 0.276. The molecule has 0 fully saturated rings. The van der Waals surface area contributed by atoms with E-state index in [2.05, 4.69) is 17.2 Å². The van der Waals surface area contributed by atoms with Crippen molar-refractivity contribution in [2.24, 2.45) is 0 Å². The van der Waals surface area contributed by atoms with Gasteiger partial charge in [-0.15, -0.1) is 0 Å². The predicted octanol–water partition coefficient (Wildman–Crippen LogP) is 1.64. The van der Waals surface area contributed by atoms with E-state index in [0.29, 0.717) is 6.04 Å². The first kappa shape index (κ1) is 12.1. The third-order valence-corrected chi connectivity index (χ3v) is 2.37. The van der Waals surface area contributed by atoms with Gasteiger partial charge in [-0.2, -0.15) is 0 Å². The summed E-state index contributed by atoms with van der Waals surface area (Å²) in [6.45, 7) is 5.20. The molecule has 3 heteroatoms. The van der Waals surface area contributed by atoms with Crippen LogP contribution >= 0.6 is 0 Å². The van der Waals surface area contributed by atoms with Crippen LogP contribution in [0.5, 0.6) is 0 Å². The number of pyridine rings is 1. The Balaban J connectivity index is 2.30. The molecular weight excluding hydrogens is 188 g/mol. The first-order chi connectivity index (χ1) is 7.22. The van der Waals surface area contributed by atoms with Gasteiger partial charge in [-0.3, -0.25) is 4.98 Å². The van der Waals surface area contributed by atoms with Crippen molar-refractivity contribution in [2.45, 2.75) is 39.3 Å². The van der Waals surface area contributed by atoms with E-state index >= 15 is 0 Å². The monoisotopic (exact) mass is 208 g/mol. The molecule has 3 nitrogen and oxygen atoms in total. The van der Waals surface area contributed by atoms with Gasteiger partial charge in [0.2, 0.25) is 0 Å². The summed E-state index contributed by atoms with van der Waals surface area (Å²) >= 11 is 0. The van der Waals surface area contributed by atoms with Crippen molar-refractivity contribution in [2.75, 3.05) is 6.61 Å². The average Bonchev–Trinajstić information content (AvgIpc) is 2.23. The van der Waals surface area contributed by atoms with E-state index in [1.165, 1.54) is 0 Å². The van der Waals surface area contributed by atoms with Crippen molar-refractivity contribution < 1.29 is 5.11 Å². The molecule has 0 saturated carbocycles. The molecule has 1 rings (SSSR count). The van der Waals surface area contributed by atoms with Crippen LogP contribution < -0.4 is 5.32 Å². The lowest BCUT2D eigenvalue weighted by atomic mass is 10.2. The molecule has 1 heterocycles. The molecule has 0 spiro atoms. The van der Waals surface area contributed by atoms with Crippen LogP contribution in [-0.4, -0.2) is 22.7 Å². The Kier molecular flexibility index (Phi) is 5.29. The Bertz CT molecular complexity index is 289. The van der Waals surface area contributed by atoms with Crippen molar-refractivity contribution in [3.8, 4) is 0 Å². The van der Waals surface area contributed by atoms with Crippen LogP contribution in [-0.2, 0) is 6.54 Å². The second-order valence-corrected chi connectivity index (χ2v) is 3.92. The number of aryl methyl sites for hydroxylation is 1. The van der Waals surface area contributed by atoms with E-state index in [-0.39, 0.29) is 6.61 Å². The Morgan fingerprint density at radius 2 is 2.27 bits per heavy atom. The first-order valence-electron chi connectivity index (χ1n) is 5.49.